The minimum atomic E-state index is 0.571. The van der Waals surface area contributed by atoms with E-state index < -0.39 is 0 Å². The molecule has 0 heterocycles. The van der Waals surface area contributed by atoms with E-state index in [1.807, 2.05) is 24.3 Å². The second-order valence-corrected chi connectivity index (χ2v) is 3.53. The van der Waals surface area contributed by atoms with Gasteiger partial charge in [-0.1, -0.05) is 55.8 Å². The molecule has 1 aromatic rings. The van der Waals surface area contributed by atoms with Crippen molar-refractivity contribution in [1.82, 2.24) is 0 Å². The van der Waals surface area contributed by atoms with Gasteiger partial charge in [0, 0.05) is 5.02 Å². The summed E-state index contributed by atoms with van der Waals surface area (Å²) < 4.78 is 0. The van der Waals surface area contributed by atoms with Gasteiger partial charge in [0.05, 0.1) is 0 Å². The van der Waals surface area contributed by atoms with E-state index >= 15 is 0 Å². The molecule has 0 aliphatic carbocycles. The summed E-state index contributed by atoms with van der Waals surface area (Å²) in [5, 5.41) is 0.814. The molecule has 0 fully saturated rings. The average molecular weight is 181 g/mol. The molecule has 1 aromatic carbocycles. The maximum Gasteiger partial charge on any atom is 0.0478 e. The zero-order chi connectivity index (χ0) is 8.97. The molecule has 0 N–H and O–H groups in total. The normalized spacial score (nSPS) is 11.3. The van der Waals surface area contributed by atoms with E-state index in [0.717, 1.165) is 10.6 Å². The maximum absolute atomic E-state index is 5.96. The fourth-order valence-corrected chi connectivity index (χ4v) is 1.11. The Morgan fingerprint density at radius 1 is 1.25 bits per heavy atom. The van der Waals surface area contributed by atoms with Crippen molar-refractivity contribution in [2.75, 3.05) is 0 Å². The minimum absolute atomic E-state index is 0.571. The van der Waals surface area contributed by atoms with Crippen molar-refractivity contribution in [3.05, 3.63) is 40.9 Å². The molecule has 0 aliphatic heterocycles. The third-order valence-corrected chi connectivity index (χ3v) is 1.91. The summed E-state index contributed by atoms with van der Waals surface area (Å²) >= 11 is 5.96. The molecule has 0 aliphatic rings. The van der Waals surface area contributed by atoms with Crippen molar-refractivity contribution < 1.29 is 0 Å². The summed E-state index contributed by atoms with van der Waals surface area (Å²) in [6.45, 7) is 4.29. The number of hydrogen-bond acceptors (Lipinski definition) is 0. The van der Waals surface area contributed by atoms with Gasteiger partial charge in [0.15, 0.2) is 0 Å². The van der Waals surface area contributed by atoms with E-state index in [-0.39, 0.29) is 0 Å². The standard InChI is InChI=1S/C11H13Cl/c1-9(2)7-8-10-5-3-4-6-11(10)12/h3-9H,1-2H3. The molecule has 0 unspecified atom stereocenters. The lowest BCUT2D eigenvalue weighted by atomic mass is 10.1. The van der Waals surface area contributed by atoms with Crippen LogP contribution >= 0.6 is 11.6 Å². The highest BCUT2D eigenvalue weighted by Crippen LogP contribution is 2.16. The van der Waals surface area contributed by atoms with E-state index in [9.17, 15) is 0 Å². The maximum atomic E-state index is 5.96. The van der Waals surface area contributed by atoms with E-state index in [2.05, 4.69) is 26.0 Å². The Balaban J connectivity index is 2.82. The Hall–Kier alpha value is -0.750. The molecule has 0 radical (unpaired) electrons. The summed E-state index contributed by atoms with van der Waals surface area (Å²) in [4.78, 5) is 0. The second kappa shape index (κ2) is 4.32. The lowest BCUT2D eigenvalue weighted by molar-refractivity contribution is 0.836. The van der Waals surface area contributed by atoms with Crippen LogP contribution in [0.2, 0.25) is 5.02 Å². The molecular formula is C11H13Cl. The van der Waals surface area contributed by atoms with Gasteiger partial charge in [-0.05, 0) is 17.5 Å². The first-order chi connectivity index (χ1) is 5.70. The lowest BCUT2D eigenvalue weighted by Gasteiger charge is -1.97. The number of halogens is 1. The molecule has 64 valence electrons. The topological polar surface area (TPSA) is 0 Å². The van der Waals surface area contributed by atoms with Gasteiger partial charge in [-0.2, -0.15) is 0 Å². The van der Waals surface area contributed by atoms with E-state index in [0.29, 0.717) is 5.92 Å². The lowest BCUT2D eigenvalue weighted by Crippen LogP contribution is -1.78. The van der Waals surface area contributed by atoms with Crippen LogP contribution in [0.25, 0.3) is 6.08 Å². The number of hydrogen-bond donors (Lipinski definition) is 0. The zero-order valence-corrected chi connectivity index (χ0v) is 8.18. The summed E-state index contributed by atoms with van der Waals surface area (Å²) in [6.07, 6.45) is 4.20. The smallest absolute Gasteiger partial charge is 0.0478 e. The molecule has 12 heavy (non-hydrogen) atoms. The Labute approximate surface area is 78.9 Å². The first-order valence-electron chi connectivity index (χ1n) is 4.13. The van der Waals surface area contributed by atoms with Crippen LogP contribution in [0.1, 0.15) is 19.4 Å². The molecule has 0 aromatic heterocycles. The van der Waals surface area contributed by atoms with Crippen molar-refractivity contribution in [2.45, 2.75) is 13.8 Å². The van der Waals surface area contributed by atoms with Crippen LogP contribution in [0.4, 0.5) is 0 Å². The molecule has 0 spiro atoms. The van der Waals surface area contributed by atoms with Crippen molar-refractivity contribution in [2.24, 2.45) is 5.92 Å². The average Bonchev–Trinajstić information content (AvgIpc) is 2.03. The first kappa shape index (κ1) is 9.34. The van der Waals surface area contributed by atoms with Gasteiger partial charge in [0.25, 0.3) is 0 Å². The molecular weight excluding hydrogens is 168 g/mol. The summed E-state index contributed by atoms with van der Waals surface area (Å²) in [7, 11) is 0. The fourth-order valence-electron chi connectivity index (χ4n) is 0.906. The Bertz CT molecular complexity index is 274. The Morgan fingerprint density at radius 2 is 1.92 bits per heavy atom. The molecule has 0 bridgehead atoms. The highest BCUT2D eigenvalue weighted by molar-refractivity contribution is 6.32. The van der Waals surface area contributed by atoms with Gasteiger partial charge in [-0.25, -0.2) is 0 Å². The molecule has 0 nitrogen and oxygen atoms in total. The Kier molecular flexibility index (Phi) is 3.36. The van der Waals surface area contributed by atoms with E-state index in [4.69, 9.17) is 11.6 Å². The van der Waals surface area contributed by atoms with Gasteiger partial charge in [-0.3, -0.25) is 0 Å². The van der Waals surface area contributed by atoms with Crippen molar-refractivity contribution in [3.8, 4) is 0 Å². The van der Waals surface area contributed by atoms with Crippen molar-refractivity contribution in [3.63, 3.8) is 0 Å². The summed E-state index contributed by atoms with van der Waals surface area (Å²) in [6, 6.07) is 7.85. The molecule has 0 atom stereocenters. The van der Waals surface area contributed by atoms with E-state index in [1.54, 1.807) is 0 Å². The fraction of sp³-hybridized carbons (Fsp3) is 0.273. The predicted molar refractivity (Wildman–Crippen MR) is 55.3 cm³/mol. The third kappa shape index (κ3) is 2.71. The van der Waals surface area contributed by atoms with Crippen LogP contribution < -0.4 is 0 Å². The van der Waals surface area contributed by atoms with Crippen LogP contribution in [0, 0.1) is 5.92 Å². The van der Waals surface area contributed by atoms with Crippen LogP contribution in [0.5, 0.6) is 0 Å². The van der Waals surface area contributed by atoms with Crippen molar-refractivity contribution >= 4 is 17.7 Å². The van der Waals surface area contributed by atoms with Gasteiger partial charge in [0.2, 0.25) is 0 Å². The molecule has 1 rings (SSSR count). The van der Waals surface area contributed by atoms with Crippen LogP contribution in [-0.4, -0.2) is 0 Å². The second-order valence-electron chi connectivity index (χ2n) is 3.12. The van der Waals surface area contributed by atoms with Crippen LogP contribution in [-0.2, 0) is 0 Å². The quantitative estimate of drug-likeness (QED) is 0.645. The molecule has 0 amide bonds. The number of rotatable bonds is 2. The van der Waals surface area contributed by atoms with Gasteiger partial charge >= 0.3 is 0 Å². The van der Waals surface area contributed by atoms with Gasteiger partial charge < -0.3 is 0 Å². The third-order valence-electron chi connectivity index (χ3n) is 1.57. The molecule has 0 saturated heterocycles. The summed E-state index contributed by atoms with van der Waals surface area (Å²) in [5.41, 5.74) is 1.09. The minimum Gasteiger partial charge on any atom is -0.0837 e. The summed E-state index contributed by atoms with van der Waals surface area (Å²) in [5.74, 6) is 0.571. The number of benzene rings is 1. The van der Waals surface area contributed by atoms with Crippen molar-refractivity contribution in [1.29, 1.82) is 0 Å². The van der Waals surface area contributed by atoms with E-state index in [1.165, 1.54) is 0 Å². The highest BCUT2D eigenvalue weighted by Gasteiger charge is 1.92. The van der Waals surface area contributed by atoms with Crippen LogP contribution in [0.15, 0.2) is 30.3 Å². The first-order valence-corrected chi connectivity index (χ1v) is 4.50. The van der Waals surface area contributed by atoms with Crippen LogP contribution in [0.3, 0.4) is 0 Å². The Morgan fingerprint density at radius 3 is 2.50 bits per heavy atom. The molecule has 1 heteroatoms. The predicted octanol–water partition coefficient (Wildman–Crippen LogP) is 4.01. The van der Waals surface area contributed by atoms with Gasteiger partial charge in [-0.15, -0.1) is 0 Å². The van der Waals surface area contributed by atoms with Gasteiger partial charge in [0.1, 0.15) is 0 Å². The monoisotopic (exact) mass is 180 g/mol. The molecule has 0 saturated carbocycles. The highest BCUT2D eigenvalue weighted by atomic mass is 35.5. The number of allylic oxidation sites excluding steroid dienone is 1. The zero-order valence-electron chi connectivity index (χ0n) is 7.42. The SMILES string of the molecule is CC(C)C=Cc1ccccc1Cl. The largest absolute Gasteiger partial charge is 0.0837 e.